The van der Waals surface area contributed by atoms with Crippen LogP contribution < -0.4 is 5.32 Å². The zero-order valence-corrected chi connectivity index (χ0v) is 11.1. The minimum atomic E-state index is 0.577. The van der Waals surface area contributed by atoms with Crippen molar-refractivity contribution < 1.29 is 4.79 Å². The molecule has 2 aromatic rings. The van der Waals surface area contributed by atoms with E-state index in [0.717, 1.165) is 16.4 Å². The van der Waals surface area contributed by atoms with E-state index in [1.54, 1.807) is 0 Å². The van der Waals surface area contributed by atoms with E-state index in [0.29, 0.717) is 15.0 Å². The molecule has 0 fully saturated rings. The number of hydrogen-bond donors (Lipinski definition) is 1. The SMILES string of the molecule is O=Cc1cnc(Nc2cccc(Br)c2Cl)s1. The number of nitrogens with zero attached hydrogens (tertiary/aromatic N) is 1. The Bertz CT molecular complexity index is 529. The summed E-state index contributed by atoms with van der Waals surface area (Å²) >= 11 is 10.7. The third-order valence-corrected chi connectivity index (χ3v) is 3.97. The summed E-state index contributed by atoms with van der Waals surface area (Å²) in [5.41, 5.74) is 0.753. The molecule has 16 heavy (non-hydrogen) atoms. The Morgan fingerprint density at radius 1 is 1.50 bits per heavy atom. The number of thiazole rings is 1. The molecule has 0 aliphatic carbocycles. The van der Waals surface area contributed by atoms with Gasteiger partial charge in [-0.1, -0.05) is 29.0 Å². The van der Waals surface area contributed by atoms with Gasteiger partial charge in [0.15, 0.2) is 11.4 Å². The Morgan fingerprint density at radius 2 is 2.31 bits per heavy atom. The van der Waals surface area contributed by atoms with Crippen LogP contribution in [0.4, 0.5) is 10.8 Å². The van der Waals surface area contributed by atoms with Crippen LogP contribution in [0.25, 0.3) is 0 Å². The smallest absolute Gasteiger partial charge is 0.187 e. The molecule has 2 rings (SSSR count). The van der Waals surface area contributed by atoms with Crippen molar-refractivity contribution in [2.24, 2.45) is 0 Å². The van der Waals surface area contributed by atoms with Crippen LogP contribution in [0.1, 0.15) is 9.67 Å². The lowest BCUT2D eigenvalue weighted by atomic mass is 10.3. The fraction of sp³-hybridized carbons (Fsp3) is 0. The van der Waals surface area contributed by atoms with E-state index >= 15 is 0 Å². The molecule has 82 valence electrons. The highest BCUT2D eigenvalue weighted by Gasteiger charge is 2.06. The second-order valence-electron chi connectivity index (χ2n) is 2.91. The van der Waals surface area contributed by atoms with Crippen molar-refractivity contribution >= 4 is 56.0 Å². The topological polar surface area (TPSA) is 42.0 Å². The first-order valence-electron chi connectivity index (χ1n) is 4.33. The normalized spacial score (nSPS) is 10.1. The van der Waals surface area contributed by atoms with Crippen LogP contribution >= 0.6 is 38.9 Å². The monoisotopic (exact) mass is 316 g/mol. The van der Waals surface area contributed by atoms with Crippen molar-refractivity contribution in [1.29, 1.82) is 0 Å². The number of aldehydes is 1. The van der Waals surface area contributed by atoms with Gasteiger partial charge in [0, 0.05) is 4.47 Å². The number of benzene rings is 1. The first kappa shape index (κ1) is 11.6. The predicted molar refractivity (Wildman–Crippen MR) is 69.9 cm³/mol. The number of anilines is 2. The average molecular weight is 318 g/mol. The molecule has 1 N–H and O–H groups in total. The first-order chi connectivity index (χ1) is 7.70. The van der Waals surface area contributed by atoms with Gasteiger partial charge in [0.2, 0.25) is 0 Å². The van der Waals surface area contributed by atoms with Crippen molar-refractivity contribution in [3.8, 4) is 0 Å². The van der Waals surface area contributed by atoms with Crippen LogP contribution in [0.5, 0.6) is 0 Å². The van der Waals surface area contributed by atoms with Gasteiger partial charge in [0.05, 0.1) is 21.8 Å². The van der Waals surface area contributed by atoms with Gasteiger partial charge in [-0.2, -0.15) is 0 Å². The summed E-state index contributed by atoms with van der Waals surface area (Å²) in [5.74, 6) is 0. The van der Waals surface area contributed by atoms with Gasteiger partial charge in [-0.05, 0) is 28.1 Å². The van der Waals surface area contributed by atoms with Gasteiger partial charge in [-0.25, -0.2) is 4.98 Å². The Balaban J connectivity index is 2.26. The van der Waals surface area contributed by atoms with Crippen LogP contribution in [0.15, 0.2) is 28.9 Å². The maximum absolute atomic E-state index is 10.5. The first-order valence-corrected chi connectivity index (χ1v) is 6.31. The fourth-order valence-corrected chi connectivity index (χ4v) is 2.30. The molecule has 1 aromatic carbocycles. The summed E-state index contributed by atoms with van der Waals surface area (Å²) < 4.78 is 0.811. The summed E-state index contributed by atoms with van der Waals surface area (Å²) in [6, 6.07) is 5.56. The van der Waals surface area contributed by atoms with Crippen molar-refractivity contribution in [1.82, 2.24) is 4.98 Å². The number of aromatic nitrogens is 1. The molecule has 3 nitrogen and oxygen atoms in total. The lowest BCUT2D eigenvalue weighted by Gasteiger charge is -2.05. The van der Waals surface area contributed by atoms with Crippen LogP contribution in [0, 0.1) is 0 Å². The van der Waals surface area contributed by atoms with Gasteiger partial charge >= 0.3 is 0 Å². The zero-order chi connectivity index (χ0) is 11.5. The maximum atomic E-state index is 10.5. The molecule has 0 bridgehead atoms. The summed E-state index contributed by atoms with van der Waals surface area (Å²) in [6.45, 7) is 0. The number of rotatable bonds is 3. The van der Waals surface area contributed by atoms with E-state index in [1.165, 1.54) is 17.5 Å². The summed E-state index contributed by atoms with van der Waals surface area (Å²) in [6.07, 6.45) is 2.29. The van der Waals surface area contributed by atoms with Crippen LogP contribution in [0.3, 0.4) is 0 Å². The largest absolute Gasteiger partial charge is 0.330 e. The molecule has 6 heteroatoms. The van der Waals surface area contributed by atoms with Gasteiger partial charge in [0.25, 0.3) is 0 Å². The van der Waals surface area contributed by atoms with Gasteiger partial charge < -0.3 is 5.32 Å². The highest BCUT2D eigenvalue weighted by molar-refractivity contribution is 9.10. The minimum absolute atomic E-state index is 0.577. The standard InChI is InChI=1S/C10H6BrClN2OS/c11-7-2-1-3-8(9(7)12)14-10-13-4-6(5-15)16-10/h1-5H,(H,13,14). The number of nitrogens with one attached hydrogen (secondary N) is 1. The molecule has 0 aliphatic heterocycles. The second kappa shape index (κ2) is 4.95. The number of carbonyl (C=O) groups excluding carboxylic acids is 1. The molecule has 1 aromatic heterocycles. The Kier molecular flexibility index (Phi) is 3.58. The molecular weight excluding hydrogens is 312 g/mol. The summed E-state index contributed by atoms with van der Waals surface area (Å²) in [5, 5.41) is 4.28. The van der Waals surface area contributed by atoms with E-state index in [2.05, 4.69) is 26.2 Å². The molecular formula is C10H6BrClN2OS. The average Bonchev–Trinajstić information content (AvgIpc) is 2.73. The van der Waals surface area contributed by atoms with E-state index in [-0.39, 0.29) is 0 Å². The molecule has 1 heterocycles. The van der Waals surface area contributed by atoms with E-state index in [9.17, 15) is 4.79 Å². The molecule has 0 atom stereocenters. The predicted octanol–water partition coefficient (Wildman–Crippen LogP) is 4.12. The molecule has 0 unspecified atom stereocenters. The van der Waals surface area contributed by atoms with E-state index < -0.39 is 0 Å². The third kappa shape index (κ3) is 2.42. The Labute approximate surface area is 110 Å². The van der Waals surface area contributed by atoms with Crippen molar-refractivity contribution in [2.45, 2.75) is 0 Å². The van der Waals surface area contributed by atoms with Crippen LogP contribution in [0.2, 0.25) is 5.02 Å². The number of halogens is 2. The second-order valence-corrected chi connectivity index (χ2v) is 5.21. The highest BCUT2D eigenvalue weighted by atomic mass is 79.9. The third-order valence-electron chi connectivity index (χ3n) is 1.83. The van der Waals surface area contributed by atoms with E-state index in [1.807, 2.05) is 18.2 Å². The number of hydrogen-bond acceptors (Lipinski definition) is 4. The van der Waals surface area contributed by atoms with Gasteiger partial charge in [-0.3, -0.25) is 4.79 Å². The molecule has 0 radical (unpaired) electrons. The molecule has 0 amide bonds. The molecule has 0 aliphatic rings. The maximum Gasteiger partial charge on any atom is 0.187 e. The van der Waals surface area contributed by atoms with Crippen molar-refractivity contribution in [3.05, 3.63) is 38.8 Å². The summed E-state index contributed by atoms with van der Waals surface area (Å²) in [4.78, 5) is 15.1. The van der Waals surface area contributed by atoms with Crippen LogP contribution in [-0.4, -0.2) is 11.3 Å². The Hall–Kier alpha value is -0.910. The number of carbonyl (C=O) groups is 1. The van der Waals surface area contributed by atoms with Crippen molar-refractivity contribution in [2.75, 3.05) is 5.32 Å². The van der Waals surface area contributed by atoms with Crippen LogP contribution in [-0.2, 0) is 0 Å². The lowest BCUT2D eigenvalue weighted by Crippen LogP contribution is -1.90. The van der Waals surface area contributed by atoms with E-state index in [4.69, 9.17) is 11.6 Å². The lowest BCUT2D eigenvalue weighted by molar-refractivity contribution is 0.112. The minimum Gasteiger partial charge on any atom is -0.330 e. The zero-order valence-electron chi connectivity index (χ0n) is 7.91. The molecule has 0 saturated heterocycles. The summed E-state index contributed by atoms with van der Waals surface area (Å²) in [7, 11) is 0. The Morgan fingerprint density at radius 3 is 3.00 bits per heavy atom. The molecule has 0 spiro atoms. The van der Waals surface area contributed by atoms with Crippen molar-refractivity contribution in [3.63, 3.8) is 0 Å². The quantitative estimate of drug-likeness (QED) is 0.866. The van der Waals surface area contributed by atoms with Gasteiger partial charge in [-0.15, -0.1) is 0 Å². The fourth-order valence-electron chi connectivity index (χ4n) is 1.11. The highest BCUT2D eigenvalue weighted by Crippen LogP contribution is 2.32. The van der Waals surface area contributed by atoms with Gasteiger partial charge in [0.1, 0.15) is 0 Å². The molecule has 0 saturated carbocycles.